The molecule has 0 spiro atoms. The van der Waals surface area contributed by atoms with Gasteiger partial charge in [-0.15, -0.1) is 0 Å². The quantitative estimate of drug-likeness (QED) is 0.444. The second-order valence-corrected chi connectivity index (χ2v) is 6.69. The Hall–Kier alpha value is -3.27. The van der Waals surface area contributed by atoms with Crippen molar-refractivity contribution >= 4 is 11.6 Å². The first-order valence-electron chi connectivity index (χ1n) is 10.1. The number of nitrogens with one attached hydrogen (secondary N) is 1. The summed E-state index contributed by atoms with van der Waals surface area (Å²) in [5, 5.41) is 2.94. The molecule has 0 saturated heterocycles. The maximum absolute atomic E-state index is 12.7. The van der Waals surface area contributed by atoms with Crippen molar-refractivity contribution in [3.8, 4) is 22.6 Å². The zero-order chi connectivity index (χ0) is 20.5. The van der Waals surface area contributed by atoms with Gasteiger partial charge in [0.05, 0.1) is 13.2 Å². The average Bonchev–Trinajstić information content (AvgIpc) is 2.76. The number of anilines is 1. The smallest absolute Gasteiger partial charge is 0.255 e. The topological polar surface area (TPSA) is 47.6 Å². The maximum Gasteiger partial charge on any atom is 0.255 e. The van der Waals surface area contributed by atoms with Crippen LogP contribution in [0.2, 0.25) is 0 Å². The average molecular weight is 389 g/mol. The number of benzene rings is 3. The van der Waals surface area contributed by atoms with E-state index in [2.05, 4.69) is 24.4 Å². The standard InChI is InChI=1S/C25H27NO3/c1-3-5-17-29-23-16-13-21(18-24(23)28-4-2)25(27)26-22-14-11-20(12-15-22)19-9-7-6-8-10-19/h6-16,18H,3-5,17H2,1-2H3,(H,26,27). The highest BCUT2D eigenvalue weighted by Crippen LogP contribution is 2.29. The summed E-state index contributed by atoms with van der Waals surface area (Å²) < 4.78 is 11.5. The number of unbranched alkanes of at least 4 members (excludes halogenated alkanes) is 1. The van der Waals surface area contributed by atoms with Crippen molar-refractivity contribution in [1.29, 1.82) is 0 Å². The van der Waals surface area contributed by atoms with E-state index in [0.717, 1.165) is 29.7 Å². The zero-order valence-corrected chi connectivity index (χ0v) is 17.0. The highest BCUT2D eigenvalue weighted by molar-refractivity contribution is 6.04. The van der Waals surface area contributed by atoms with E-state index in [4.69, 9.17) is 9.47 Å². The van der Waals surface area contributed by atoms with Crippen molar-refractivity contribution in [2.24, 2.45) is 0 Å². The van der Waals surface area contributed by atoms with Crippen molar-refractivity contribution in [1.82, 2.24) is 0 Å². The molecule has 0 fully saturated rings. The molecule has 3 aromatic carbocycles. The summed E-state index contributed by atoms with van der Waals surface area (Å²) in [7, 11) is 0. The number of hydrogen-bond donors (Lipinski definition) is 1. The van der Waals surface area contributed by atoms with Crippen LogP contribution in [0.3, 0.4) is 0 Å². The Bertz CT molecular complexity index is 921. The van der Waals surface area contributed by atoms with Crippen molar-refractivity contribution in [3.05, 3.63) is 78.4 Å². The predicted molar refractivity (Wildman–Crippen MR) is 118 cm³/mol. The van der Waals surface area contributed by atoms with Gasteiger partial charge < -0.3 is 14.8 Å². The first-order valence-corrected chi connectivity index (χ1v) is 10.1. The Morgan fingerprint density at radius 3 is 2.24 bits per heavy atom. The van der Waals surface area contributed by atoms with Gasteiger partial charge in [0.25, 0.3) is 5.91 Å². The third-order valence-electron chi connectivity index (χ3n) is 4.51. The van der Waals surface area contributed by atoms with E-state index in [1.54, 1.807) is 18.2 Å². The molecule has 1 N–H and O–H groups in total. The lowest BCUT2D eigenvalue weighted by Gasteiger charge is -2.13. The van der Waals surface area contributed by atoms with Crippen molar-refractivity contribution < 1.29 is 14.3 Å². The van der Waals surface area contributed by atoms with Gasteiger partial charge in [-0.25, -0.2) is 0 Å². The van der Waals surface area contributed by atoms with Crippen LogP contribution in [0.1, 0.15) is 37.0 Å². The number of carbonyl (C=O) groups excluding carboxylic acids is 1. The van der Waals surface area contributed by atoms with Crippen LogP contribution in [0.15, 0.2) is 72.8 Å². The van der Waals surface area contributed by atoms with Crippen LogP contribution in [0.5, 0.6) is 11.5 Å². The van der Waals surface area contributed by atoms with Crippen molar-refractivity contribution in [2.75, 3.05) is 18.5 Å². The molecule has 0 aromatic heterocycles. The fourth-order valence-electron chi connectivity index (χ4n) is 2.94. The highest BCUT2D eigenvalue weighted by atomic mass is 16.5. The van der Waals surface area contributed by atoms with Crippen LogP contribution >= 0.6 is 0 Å². The molecule has 0 saturated carbocycles. The normalized spacial score (nSPS) is 10.4. The van der Waals surface area contributed by atoms with E-state index in [1.807, 2.05) is 49.4 Å². The fourth-order valence-corrected chi connectivity index (χ4v) is 2.94. The molecule has 4 nitrogen and oxygen atoms in total. The molecule has 150 valence electrons. The second-order valence-electron chi connectivity index (χ2n) is 6.69. The summed E-state index contributed by atoms with van der Waals surface area (Å²) in [5.41, 5.74) is 3.53. The van der Waals surface area contributed by atoms with E-state index in [1.165, 1.54) is 0 Å². The highest BCUT2D eigenvalue weighted by Gasteiger charge is 2.12. The van der Waals surface area contributed by atoms with Crippen molar-refractivity contribution in [2.45, 2.75) is 26.7 Å². The Labute approximate surface area is 172 Å². The molecule has 29 heavy (non-hydrogen) atoms. The second kappa shape index (κ2) is 10.3. The third-order valence-corrected chi connectivity index (χ3v) is 4.51. The minimum Gasteiger partial charge on any atom is -0.490 e. The number of rotatable bonds is 9. The molecule has 0 bridgehead atoms. The molecule has 0 radical (unpaired) electrons. The van der Waals surface area contributed by atoms with Crippen LogP contribution in [0.25, 0.3) is 11.1 Å². The summed E-state index contributed by atoms with van der Waals surface area (Å²) in [4.78, 5) is 12.7. The van der Waals surface area contributed by atoms with E-state index >= 15 is 0 Å². The van der Waals surface area contributed by atoms with Crippen molar-refractivity contribution in [3.63, 3.8) is 0 Å². The summed E-state index contributed by atoms with van der Waals surface area (Å²) in [6, 6.07) is 23.3. The number of ether oxygens (including phenoxy) is 2. The minimum atomic E-state index is -0.182. The maximum atomic E-state index is 12.7. The summed E-state index contributed by atoms with van der Waals surface area (Å²) in [6.45, 7) is 5.18. The van der Waals surface area contributed by atoms with Crippen LogP contribution in [0, 0.1) is 0 Å². The number of amides is 1. The van der Waals surface area contributed by atoms with Gasteiger partial charge in [0, 0.05) is 11.3 Å². The molecule has 1 amide bonds. The van der Waals surface area contributed by atoms with Gasteiger partial charge in [0.1, 0.15) is 0 Å². The summed E-state index contributed by atoms with van der Waals surface area (Å²) in [6.07, 6.45) is 2.04. The van der Waals surface area contributed by atoms with Crippen LogP contribution in [-0.2, 0) is 0 Å². The fraction of sp³-hybridized carbons (Fsp3) is 0.240. The predicted octanol–water partition coefficient (Wildman–Crippen LogP) is 6.18. The molecule has 0 aliphatic rings. The van der Waals surface area contributed by atoms with Gasteiger partial charge in [-0.05, 0) is 54.8 Å². The molecule has 0 heterocycles. The lowest BCUT2D eigenvalue weighted by molar-refractivity contribution is 0.102. The SMILES string of the molecule is CCCCOc1ccc(C(=O)Nc2ccc(-c3ccccc3)cc2)cc1OCC. The first kappa shape index (κ1) is 20.5. The van der Waals surface area contributed by atoms with E-state index in [-0.39, 0.29) is 5.91 Å². The minimum absolute atomic E-state index is 0.182. The van der Waals surface area contributed by atoms with E-state index < -0.39 is 0 Å². The zero-order valence-electron chi connectivity index (χ0n) is 17.0. The molecule has 4 heteroatoms. The van der Waals surface area contributed by atoms with E-state index in [9.17, 15) is 4.79 Å². The Morgan fingerprint density at radius 2 is 1.55 bits per heavy atom. The summed E-state index contributed by atoms with van der Waals surface area (Å²) in [5.74, 6) is 1.08. The molecule has 0 aliphatic carbocycles. The Kier molecular flexibility index (Phi) is 7.28. The molecule has 3 rings (SSSR count). The van der Waals surface area contributed by atoms with Gasteiger partial charge >= 0.3 is 0 Å². The monoisotopic (exact) mass is 389 g/mol. The molecular weight excluding hydrogens is 362 g/mol. The Balaban J connectivity index is 1.70. The van der Waals surface area contributed by atoms with Gasteiger partial charge in [-0.3, -0.25) is 4.79 Å². The Morgan fingerprint density at radius 1 is 0.828 bits per heavy atom. The number of hydrogen-bond acceptors (Lipinski definition) is 3. The first-order chi connectivity index (χ1) is 14.2. The van der Waals surface area contributed by atoms with Gasteiger partial charge in [-0.2, -0.15) is 0 Å². The van der Waals surface area contributed by atoms with E-state index in [0.29, 0.717) is 30.3 Å². The van der Waals surface area contributed by atoms with Crippen LogP contribution < -0.4 is 14.8 Å². The largest absolute Gasteiger partial charge is 0.490 e. The molecule has 0 aliphatic heterocycles. The van der Waals surface area contributed by atoms with Crippen LogP contribution in [-0.4, -0.2) is 19.1 Å². The number of carbonyl (C=O) groups is 1. The summed E-state index contributed by atoms with van der Waals surface area (Å²) >= 11 is 0. The molecular formula is C25H27NO3. The molecule has 3 aromatic rings. The lowest BCUT2D eigenvalue weighted by atomic mass is 10.1. The van der Waals surface area contributed by atoms with Gasteiger partial charge in [-0.1, -0.05) is 55.8 Å². The lowest BCUT2D eigenvalue weighted by Crippen LogP contribution is -2.12. The van der Waals surface area contributed by atoms with Gasteiger partial charge in [0.15, 0.2) is 11.5 Å². The molecule has 0 unspecified atom stereocenters. The van der Waals surface area contributed by atoms with Crippen LogP contribution in [0.4, 0.5) is 5.69 Å². The molecule has 0 atom stereocenters. The third kappa shape index (κ3) is 5.61. The van der Waals surface area contributed by atoms with Gasteiger partial charge in [0.2, 0.25) is 0 Å².